The highest BCUT2D eigenvalue weighted by Gasteiger charge is 2.29. The van der Waals surface area contributed by atoms with E-state index in [1.165, 1.54) is 24.3 Å². The molecule has 2 N–H and O–H groups in total. The smallest absolute Gasteiger partial charge is 0.449 e. The van der Waals surface area contributed by atoms with Crippen LogP contribution in [-0.4, -0.2) is 28.7 Å². The van der Waals surface area contributed by atoms with Crippen molar-refractivity contribution >= 4 is 23.9 Å². The second kappa shape index (κ2) is 10.3. The number of para-hydroxylation sites is 2. The third kappa shape index (κ3) is 8.82. The molecule has 2 aromatic carbocycles. The van der Waals surface area contributed by atoms with Crippen LogP contribution in [0.2, 0.25) is 0 Å². The minimum absolute atomic E-state index is 0.201. The first-order chi connectivity index (χ1) is 12.6. The number of alkyl halides is 4. The maximum absolute atomic E-state index is 12.1. The highest BCUT2D eigenvalue weighted by atomic mass is 35.5. The first-order valence-electron chi connectivity index (χ1n) is 7.22. The maximum Gasteiger partial charge on any atom is 0.511 e. The summed E-state index contributed by atoms with van der Waals surface area (Å²) < 4.78 is 44.8. The molecule has 2 rings (SSSR count). The predicted octanol–water partition coefficient (Wildman–Crippen LogP) is 5.33. The number of carbonyl (C=O) groups is 2. The summed E-state index contributed by atoms with van der Waals surface area (Å²) in [5.74, 6) is 0.242. The van der Waals surface area contributed by atoms with Crippen LogP contribution in [0, 0.1) is 0 Å². The Kier molecular flexibility index (Phi) is 8.40. The zero-order valence-corrected chi connectivity index (χ0v) is 14.3. The molecule has 0 aliphatic carbocycles. The largest absolute Gasteiger partial charge is 0.511 e. The Labute approximate surface area is 156 Å². The average Bonchev–Trinajstić information content (AvgIpc) is 2.55. The van der Waals surface area contributed by atoms with Gasteiger partial charge >= 0.3 is 18.5 Å². The van der Waals surface area contributed by atoms with E-state index in [1.807, 2.05) is 0 Å². The Morgan fingerprint density at radius 3 is 1.67 bits per heavy atom. The lowest BCUT2D eigenvalue weighted by Crippen LogP contribution is -2.13. The number of ether oxygens (including phenoxy) is 2. The van der Waals surface area contributed by atoms with Crippen LogP contribution in [0.3, 0.4) is 0 Å². The predicted molar refractivity (Wildman–Crippen MR) is 89.5 cm³/mol. The van der Waals surface area contributed by atoms with Gasteiger partial charge in [-0.2, -0.15) is 13.2 Å². The molecule has 0 aliphatic rings. The van der Waals surface area contributed by atoms with Crippen molar-refractivity contribution in [2.75, 3.05) is 0 Å². The van der Waals surface area contributed by atoms with Gasteiger partial charge in [-0.25, -0.2) is 9.59 Å². The van der Waals surface area contributed by atoms with E-state index in [1.54, 1.807) is 24.3 Å². The van der Waals surface area contributed by atoms with Crippen LogP contribution in [0.15, 0.2) is 48.5 Å². The lowest BCUT2D eigenvalue weighted by atomic mass is 10.1. The van der Waals surface area contributed by atoms with Crippen LogP contribution >= 0.6 is 11.6 Å². The minimum Gasteiger partial charge on any atom is -0.449 e. The second-order valence-corrected chi connectivity index (χ2v) is 5.14. The molecule has 0 bridgehead atoms. The molecule has 6 nitrogen and oxygen atoms in total. The summed E-state index contributed by atoms with van der Waals surface area (Å²) in [7, 11) is 0. The van der Waals surface area contributed by atoms with Gasteiger partial charge in [0.05, 0.1) is 12.3 Å². The van der Waals surface area contributed by atoms with Crippen LogP contribution in [0.1, 0.15) is 11.1 Å². The van der Waals surface area contributed by atoms with Gasteiger partial charge in [0.1, 0.15) is 11.5 Å². The van der Waals surface area contributed by atoms with Crippen molar-refractivity contribution in [2.45, 2.75) is 18.5 Å². The van der Waals surface area contributed by atoms with Gasteiger partial charge < -0.3 is 19.7 Å². The van der Waals surface area contributed by atoms with E-state index in [2.05, 4.69) is 9.47 Å². The molecule has 0 unspecified atom stereocenters. The molecule has 0 saturated heterocycles. The van der Waals surface area contributed by atoms with Crippen molar-refractivity contribution < 1.29 is 42.4 Å². The SMILES string of the molecule is O=C(O)Oc1ccccc1CC(F)(F)F.O=C(O)Oc1ccccc1CCl. The van der Waals surface area contributed by atoms with Crippen molar-refractivity contribution in [3.05, 3.63) is 59.7 Å². The van der Waals surface area contributed by atoms with Crippen LogP contribution in [0.5, 0.6) is 11.5 Å². The highest BCUT2D eigenvalue weighted by molar-refractivity contribution is 6.17. The number of hydrogen-bond donors (Lipinski definition) is 2. The van der Waals surface area contributed by atoms with E-state index in [0.29, 0.717) is 11.3 Å². The molecule has 0 atom stereocenters. The van der Waals surface area contributed by atoms with Gasteiger partial charge in [-0.05, 0) is 12.1 Å². The van der Waals surface area contributed by atoms with Crippen molar-refractivity contribution in [3.8, 4) is 11.5 Å². The first kappa shape index (κ1) is 22.1. The van der Waals surface area contributed by atoms with E-state index < -0.39 is 24.9 Å². The molecule has 2 aromatic rings. The number of carboxylic acid groups (broad SMARTS) is 2. The molecular weight excluding hydrogens is 393 g/mol. The number of halogens is 4. The molecule has 0 spiro atoms. The fourth-order valence-electron chi connectivity index (χ4n) is 1.87. The summed E-state index contributed by atoms with van der Waals surface area (Å²) in [5.41, 5.74) is 0.467. The van der Waals surface area contributed by atoms with E-state index in [9.17, 15) is 22.8 Å². The Balaban J connectivity index is 0.000000277. The number of hydrogen-bond acceptors (Lipinski definition) is 4. The van der Waals surface area contributed by atoms with Gasteiger partial charge in [0.15, 0.2) is 0 Å². The minimum atomic E-state index is -4.39. The van der Waals surface area contributed by atoms with E-state index in [-0.39, 0.29) is 17.2 Å². The Bertz CT molecular complexity index is 779. The molecule has 0 aromatic heterocycles. The Morgan fingerprint density at radius 1 is 0.852 bits per heavy atom. The Hall–Kier alpha value is -2.94. The van der Waals surface area contributed by atoms with Crippen molar-refractivity contribution in [1.29, 1.82) is 0 Å². The van der Waals surface area contributed by atoms with Crippen LogP contribution in [-0.2, 0) is 12.3 Å². The summed E-state index contributed by atoms with van der Waals surface area (Å²) in [6, 6.07) is 11.9. The standard InChI is InChI=1S/C9H7F3O3.C8H7ClO3/c10-9(11,12)5-6-3-1-2-4-7(6)15-8(13)14;9-5-6-3-1-2-4-7(6)12-8(10)11/h1-4H,5H2,(H,13,14);1-4H,5H2,(H,10,11). The van der Waals surface area contributed by atoms with Crippen LogP contribution in [0.25, 0.3) is 0 Å². The topological polar surface area (TPSA) is 93.1 Å². The lowest BCUT2D eigenvalue weighted by Gasteiger charge is -2.09. The zero-order chi connectivity index (χ0) is 20.4. The molecule has 0 fully saturated rings. The lowest BCUT2D eigenvalue weighted by molar-refractivity contribution is -0.127. The molecule has 0 amide bonds. The van der Waals surface area contributed by atoms with Gasteiger partial charge in [0, 0.05) is 11.1 Å². The average molecular weight is 407 g/mol. The quantitative estimate of drug-likeness (QED) is 0.405. The first-order valence-corrected chi connectivity index (χ1v) is 7.76. The second-order valence-electron chi connectivity index (χ2n) is 4.88. The van der Waals surface area contributed by atoms with E-state index >= 15 is 0 Å². The van der Waals surface area contributed by atoms with Gasteiger partial charge in [0.25, 0.3) is 0 Å². The number of benzene rings is 2. The summed E-state index contributed by atoms with van der Waals surface area (Å²) in [6.45, 7) is 0. The van der Waals surface area contributed by atoms with E-state index in [0.717, 1.165) is 0 Å². The maximum atomic E-state index is 12.1. The number of rotatable bonds is 4. The van der Waals surface area contributed by atoms with Crippen LogP contribution in [0.4, 0.5) is 22.8 Å². The van der Waals surface area contributed by atoms with Gasteiger partial charge in [-0.3, -0.25) is 0 Å². The summed E-state index contributed by atoms with van der Waals surface area (Å²) in [6.07, 6.45) is -8.56. The van der Waals surface area contributed by atoms with Crippen molar-refractivity contribution in [2.24, 2.45) is 0 Å². The summed E-state index contributed by atoms with van der Waals surface area (Å²) >= 11 is 5.54. The summed E-state index contributed by atoms with van der Waals surface area (Å²) in [4.78, 5) is 20.4. The molecule has 0 radical (unpaired) electrons. The molecule has 0 saturated carbocycles. The molecule has 0 heterocycles. The van der Waals surface area contributed by atoms with E-state index in [4.69, 9.17) is 21.8 Å². The zero-order valence-electron chi connectivity index (χ0n) is 13.6. The molecule has 27 heavy (non-hydrogen) atoms. The Morgan fingerprint density at radius 2 is 1.26 bits per heavy atom. The highest BCUT2D eigenvalue weighted by Crippen LogP contribution is 2.27. The fourth-order valence-corrected chi connectivity index (χ4v) is 2.09. The third-order valence-corrected chi connectivity index (χ3v) is 3.16. The molecule has 0 aliphatic heterocycles. The van der Waals surface area contributed by atoms with Crippen LogP contribution < -0.4 is 9.47 Å². The van der Waals surface area contributed by atoms with Crippen molar-refractivity contribution in [1.82, 2.24) is 0 Å². The normalized spacial score (nSPS) is 10.4. The molecular formula is C17H14ClF3O6. The molecule has 146 valence electrons. The van der Waals surface area contributed by atoms with Gasteiger partial charge in [-0.15, -0.1) is 11.6 Å². The van der Waals surface area contributed by atoms with Gasteiger partial charge in [-0.1, -0.05) is 36.4 Å². The molecule has 10 heteroatoms. The van der Waals surface area contributed by atoms with Crippen molar-refractivity contribution in [3.63, 3.8) is 0 Å². The third-order valence-electron chi connectivity index (χ3n) is 2.87. The fraction of sp³-hybridized carbons (Fsp3) is 0.176. The monoisotopic (exact) mass is 406 g/mol. The van der Waals surface area contributed by atoms with Gasteiger partial charge in [0.2, 0.25) is 0 Å². The summed E-state index contributed by atoms with van der Waals surface area (Å²) in [5, 5.41) is 16.6.